The molecule has 0 aliphatic carbocycles. The summed E-state index contributed by atoms with van der Waals surface area (Å²) in [5.41, 5.74) is 7.10. The van der Waals surface area contributed by atoms with Crippen LogP contribution in [0.2, 0.25) is 0 Å². The Hall–Kier alpha value is -1.82. The maximum atomic E-state index is 5.79. The van der Waals surface area contributed by atoms with E-state index >= 15 is 0 Å². The molecule has 0 amide bonds. The molecule has 1 fully saturated rings. The number of anilines is 2. The molecule has 1 aliphatic rings. The van der Waals surface area contributed by atoms with Gasteiger partial charge in [-0.1, -0.05) is 0 Å². The van der Waals surface area contributed by atoms with E-state index in [2.05, 4.69) is 15.0 Å². The fourth-order valence-corrected chi connectivity index (χ4v) is 1.85. The fourth-order valence-electron chi connectivity index (χ4n) is 1.85. The van der Waals surface area contributed by atoms with Gasteiger partial charge in [0.2, 0.25) is 0 Å². The monoisotopic (exact) mass is 219 g/mol. The molecule has 0 aromatic carbocycles. The van der Waals surface area contributed by atoms with Crippen molar-refractivity contribution in [2.24, 2.45) is 0 Å². The fraction of sp³-hybridized carbons (Fsp3) is 0.400. The summed E-state index contributed by atoms with van der Waals surface area (Å²) in [6.45, 7) is 3.25. The number of hydrogen-bond donors (Lipinski definition) is 1. The van der Waals surface area contributed by atoms with Gasteiger partial charge in [-0.2, -0.15) is 5.10 Å². The number of fused-ring (bicyclic) bond motifs is 1. The first kappa shape index (κ1) is 9.41. The van der Waals surface area contributed by atoms with E-state index < -0.39 is 0 Å². The van der Waals surface area contributed by atoms with Crippen LogP contribution in [0.1, 0.15) is 0 Å². The van der Waals surface area contributed by atoms with Gasteiger partial charge in [0.15, 0.2) is 5.65 Å². The van der Waals surface area contributed by atoms with Crippen LogP contribution < -0.4 is 10.6 Å². The lowest BCUT2D eigenvalue weighted by molar-refractivity contribution is 0.122. The van der Waals surface area contributed by atoms with Crippen molar-refractivity contribution in [2.75, 3.05) is 36.9 Å². The van der Waals surface area contributed by atoms with Crippen molar-refractivity contribution in [3.8, 4) is 0 Å². The van der Waals surface area contributed by atoms with Crippen LogP contribution in [0.4, 0.5) is 11.5 Å². The van der Waals surface area contributed by atoms with E-state index in [4.69, 9.17) is 10.5 Å². The molecule has 0 atom stereocenters. The van der Waals surface area contributed by atoms with Crippen LogP contribution in [0.25, 0.3) is 5.65 Å². The van der Waals surface area contributed by atoms with E-state index in [9.17, 15) is 0 Å². The van der Waals surface area contributed by atoms with Crippen molar-refractivity contribution in [3.63, 3.8) is 0 Å². The molecule has 0 radical (unpaired) electrons. The molecule has 6 nitrogen and oxygen atoms in total. The second-order valence-electron chi connectivity index (χ2n) is 3.75. The highest BCUT2D eigenvalue weighted by atomic mass is 16.5. The molecule has 0 unspecified atom stereocenters. The molecule has 2 aromatic rings. The van der Waals surface area contributed by atoms with E-state index in [0.29, 0.717) is 11.3 Å². The predicted octanol–water partition coefficient (Wildman–Crippen LogP) is 0.148. The van der Waals surface area contributed by atoms with Gasteiger partial charge in [-0.3, -0.25) is 0 Å². The Morgan fingerprint density at radius 3 is 2.94 bits per heavy atom. The lowest BCUT2D eigenvalue weighted by Gasteiger charge is -2.27. The van der Waals surface area contributed by atoms with E-state index in [1.807, 2.05) is 12.3 Å². The zero-order valence-electron chi connectivity index (χ0n) is 8.83. The van der Waals surface area contributed by atoms with Gasteiger partial charge >= 0.3 is 0 Å². The molecule has 2 aromatic heterocycles. The molecule has 2 N–H and O–H groups in total. The maximum Gasteiger partial charge on any atom is 0.180 e. The van der Waals surface area contributed by atoms with Crippen LogP contribution in [0, 0.1) is 0 Å². The van der Waals surface area contributed by atoms with E-state index in [0.717, 1.165) is 32.1 Å². The lowest BCUT2D eigenvalue weighted by Crippen LogP contribution is -2.36. The second kappa shape index (κ2) is 3.64. The summed E-state index contributed by atoms with van der Waals surface area (Å²) < 4.78 is 6.99. The Labute approximate surface area is 92.6 Å². The normalized spacial score (nSPS) is 16.9. The highest BCUT2D eigenvalue weighted by Gasteiger charge is 2.13. The Bertz CT molecular complexity index is 503. The minimum absolute atomic E-state index is 0.607. The number of rotatable bonds is 1. The van der Waals surface area contributed by atoms with Gasteiger partial charge in [-0.05, 0) is 6.07 Å². The van der Waals surface area contributed by atoms with Crippen LogP contribution in [0.15, 0.2) is 18.5 Å². The number of nitrogens with two attached hydrogens (primary N) is 1. The first-order chi connectivity index (χ1) is 7.84. The third-order valence-electron chi connectivity index (χ3n) is 2.72. The first-order valence-corrected chi connectivity index (χ1v) is 5.27. The smallest absolute Gasteiger partial charge is 0.180 e. The zero-order chi connectivity index (χ0) is 11.0. The van der Waals surface area contributed by atoms with Crippen molar-refractivity contribution in [1.82, 2.24) is 14.6 Å². The molecule has 1 aliphatic heterocycles. The summed E-state index contributed by atoms with van der Waals surface area (Å²) in [6, 6.07) is 1.95. The van der Waals surface area contributed by atoms with Crippen LogP contribution >= 0.6 is 0 Å². The van der Waals surface area contributed by atoms with Gasteiger partial charge in [0.25, 0.3) is 0 Å². The third-order valence-corrected chi connectivity index (χ3v) is 2.72. The molecule has 0 bridgehead atoms. The number of ether oxygens (including phenoxy) is 1. The predicted molar refractivity (Wildman–Crippen MR) is 60.4 cm³/mol. The summed E-state index contributed by atoms with van der Waals surface area (Å²) in [7, 11) is 0. The summed E-state index contributed by atoms with van der Waals surface area (Å²) in [5.74, 6) is 0.933. The average molecular weight is 219 g/mol. The highest BCUT2D eigenvalue weighted by Crippen LogP contribution is 2.16. The largest absolute Gasteiger partial charge is 0.394 e. The molecule has 6 heteroatoms. The van der Waals surface area contributed by atoms with Crippen molar-refractivity contribution >= 4 is 17.2 Å². The number of hydrogen-bond acceptors (Lipinski definition) is 5. The summed E-state index contributed by atoms with van der Waals surface area (Å²) in [6.07, 6.45) is 3.49. The molecule has 84 valence electrons. The van der Waals surface area contributed by atoms with E-state index in [-0.39, 0.29) is 0 Å². The maximum absolute atomic E-state index is 5.79. The number of aromatic nitrogens is 3. The van der Waals surface area contributed by atoms with E-state index in [1.54, 1.807) is 10.7 Å². The van der Waals surface area contributed by atoms with Crippen LogP contribution in [-0.2, 0) is 4.74 Å². The van der Waals surface area contributed by atoms with Crippen molar-refractivity contribution in [2.45, 2.75) is 0 Å². The lowest BCUT2D eigenvalue weighted by atomic mass is 10.4. The van der Waals surface area contributed by atoms with Crippen LogP contribution in [-0.4, -0.2) is 40.9 Å². The quantitative estimate of drug-likeness (QED) is 0.739. The molecule has 3 rings (SSSR count). The molecule has 0 spiro atoms. The Balaban J connectivity index is 1.99. The van der Waals surface area contributed by atoms with Gasteiger partial charge in [0, 0.05) is 19.3 Å². The highest BCUT2D eigenvalue weighted by molar-refractivity contribution is 5.65. The second-order valence-corrected chi connectivity index (χ2v) is 3.75. The SMILES string of the molecule is Nc1cnn2ccc(N3CCOCC3)nc12. The topological polar surface area (TPSA) is 68.7 Å². The van der Waals surface area contributed by atoms with Gasteiger partial charge in [0.1, 0.15) is 5.82 Å². The molecule has 3 heterocycles. The third kappa shape index (κ3) is 1.47. The van der Waals surface area contributed by atoms with Gasteiger partial charge in [0.05, 0.1) is 25.1 Å². The number of nitrogen functional groups attached to an aromatic ring is 1. The van der Waals surface area contributed by atoms with Crippen molar-refractivity contribution < 1.29 is 4.74 Å². The summed E-state index contributed by atoms with van der Waals surface area (Å²) in [4.78, 5) is 6.69. The Morgan fingerprint density at radius 2 is 2.12 bits per heavy atom. The number of morpholine rings is 1. The Morgan fingerprint density at radius 1 is 1.31 bits per heavy atom. The van der Waals surface area contributed by atoms with Gasteiger partial charge in [-0.25, -0.2) is 9.50 Å². The Kier molecular flexibility index (Phi) is 2.14. The van der Waals surface area contributed by atoms with Crippen molar-refractivity contribution in [1.29, 1.82) is 0 Å². The number of nitrogens with zero attached hydrogens (tertiary/aromatic N) is 4. The molecular weight excluding hydrogens is 206 g/mol. The molecular formula is C10H13N5O. The first-order valence-electron chi connectivity index (χ1n) is 5.27. The summed E-state index contributed by atoms with van der Waals surface area (Å²) >= 11 is 0. The van der Waals surface area contributed by atoms with Crippen LogP contribution in [0.5, 0.6) is 0 Å². The van der Waals surface area contributed by atoms with Crippen molar-refractivity contribution in [3.05, 3.63) is 18.5 Å². The zero-order valence-corrected chi connectivity index (χ0v) is 8.83. The summed E-state index contributed by atoms with van der Waals surface area (Å²) in [5, 5.41) is 4.09. The molecule has 1 saturated heterocycles. The molecule has 0 saturated carbocycles. The molecule has 16 heavy (non-hydrogen) atoms. The standard InChI is InChI=1S/C10H13N5O/c11-8-7-12-15-2-1-9(13-10(8)15)14-3-5-16-6-4-14/h1-2,7H,3-6,11H2. The van der Waals surface area contributed by atoms with Crippen LogP contribution in [0.3, 0.4) is 0 Å². The van der Waals surface area contributed by atoms with E-state index in [1.165, 1.54) is 0 Å². The minimum Gasteiger partial charge on any atom is -0.394 e. The van der Waals surface area contributed by atoms with Gasteiger partial charge in [-0.15, -0.1) is 0 Å². The van der Waals surface area contributed by atoms with Gasteiger partial charge < -0.3 is 15.4 Å². The minimum atomic E-state index is 0.607. The average Bonchev–Trinajstić information content (AvgIpc) is 2.72.